The summed E-state index contributed by atoms with van der Waals surface area (Å²) >= 11 is 1.53. The van der Waals surface area contributed by atoms with E-state index in [0.717, 1.165) is 25.9 Å². The van der Waals surface area contributed by atoms with Crippen LogP contribution >= 0.6 is 11.3 Å². The predicted molar refractivity (Wildman–Crippen MR) is 99.4 cm³/mol. The van der Waals surface area contributed by atoms with Crippen molar-refractivity contribution in [2.24, 2.45) is 0 Å². The molecule has 1 aromatic heterocycles. The van der Waals surface area contributed by atoms with E-state index < -0.39 is 0 Å². The van der Waals surface area contributed by atoms with E-state index in [0.29, 0.717) is 22.2 Å². The normalized spacial score (nSPS) is 15.0. The molecule has 0 aliphatic carbocycles. The molecular formula is C18H22N4O2S. The molecule has 0 unspecified atom stereocenters. The average molecular weight is 358 g/mol. The van der Waals surface area contributed by atoms with Gasteiger partial charge in [0.05, 0.1) is 0 Å². The van der Waals surface area contributed by atoms with Gasteiger partial charge >= 0.3 is 0 Å². The Labute approximate surface area is 151 Å². The van der Waals surface area contributed by atoms with Gasteiger partial charge in [0, 0.05) is 36.3 Å². The number of carbonyl (C=O) groups excluding carboxylic acids is 2. The Morgan fingerprint density at radius 2 is 1.96 bits per heavy atom. The molecule has 1 aromatic carbocycles. The summed E-state index contributed by atoms with van der Waals surface area (Å²) < 4.78 is 0. The van der Waals surface area contributed by atoms with E-state index in [4.69, 9.17) is 0 Å². The van der Waals surface area contributed by atoms with Gasteiger partial charge in [-0.2, -0.15) is 0 Å². The molecule has 6 nitrogen and oxygen atoms in total. The van der Waals surface area contributed by atoms with Gasteiger partial charge in [0.25, 0.3) is 11.8 Å². The molecule has 0 spiro atoms. The van der Waals surface area contributed by atoms with Gasteiger partial charge in [-0.3, -0.25) is 14.9 Å². The molecule has 25 heavy (non-hydrogen) atoms. The molecule has 2 amide bonds. The van der Waals surface area contributed by atoms with Crippen molar-refractivity contribution in [1.82, 2.24) is 15.2 Å². The monoisotopic (exact) mass is 358 g/mol. The molecule has 1 saturated heterocycles. The Hall–Kier alpha value is -2.25. The van der Waals surface area contributed by atoms with Crippen molar-refractivity contribution in [3.8, 4) is 0 Å². The number of nitrogens with one attached hydrogen (secondary N) is 2. The van der Waals surface area contributed by atoms with Gasteiger partial charge in [0.2, 0.25) is 0 Å². The van der Waals surface area contributed by atoms with Crippen LogP contribution in [-0.4, -0.2) is 48.9 Å². The first-order valence-corrected chi connectivity index (χ1v) is 9.16. The highest BCUT2D eigenvalue weighted by Gasteiger charge is 2.19. The van der Waals surface area contributed by atoms with E-state index in [2.05, 4.69) is 15.6 Å². The van der Waals surface area contributed by atoms with E-state index in [9.17, 15) is 9.59 Å². The van der Waals surface area contributed by atoms with E-state index in [-0.39, 0.29) is 11.8 Å². The summed E-state index contributed by atoms with van der Waals surface area (Å²) in [5.74, 6) is 0.141. The van der Waals surface area contributed by atoms with E-state index >= 15 is 0 Å². The number of benzene rings is 1. The van der Waals surface area contributed by atoms with Crippen molar-refractivity contribution in [1.29, 1.82) is 0 Å². The molecule has 0 radical (unpaired) electrons. The third kappa shape index (κ3) is 4.24. The van der Waals surface area contributed by atoms with Crippen LogP contribution in [0.1, 0.15) is 44.4 Å². The van der Waals surface area contributed by atoms with Crippen LogP contribution in [0.25, 0.3) is 0 Å². The summed E-state index contributed by atoms with van der Waals surface area (Å²) in [6.07, 6.45) is 4.07. The molecule has 0 bridgehead atoms. The topological polar surface area (TPSA) is 74.3 Å². The fraction of sp³-hybridized carbons (Fsp3) is 0.389. The first kappa shape index (κ1) is 17.6. The SMILES string of the molecule is CN(C)C(=O)c1cccc(C(=O)Nc2ncc(C3CCNCC3)s2)c1. The van der Waals surface area contributed by atoms with Gasteiger partial charge in [-0.1, -0.05) is 6.07 Å². The summed E-state index contributed by atoms with van der Waals surface area (Å²) in [6.45, 7) is 2.05. The molecule has 1 aliphatic heterocycles. The number of rotatable bonds is 4. The van der Waals surface area contributed by atoms with Crippen molar-refractivity contribution < 1.29 is 9.59 Å². The van der Waals surface area contributed by atoms with Crippen molar-refractivity contribution >= 4 is 28.3 Å². The molecule has 2 N–H and O–H groups in total. The molecule has 1 fully saturated rings. The summed E-state index contributed by atoms with van der Waals surface area (Å²) in [6, 6.07) is 6.73. The highest BCUT2D eigenvalue weighted by molar-refractivity contribution is 7.15. The third-order valence-electron chi connectivity index (χ3n) is 4.26. The number of amides is 2. The highest BCUT2D eigenvalue weighted by atomic mass is 32.1. The Morgan fingerprint density at radius 1 is 1.24 bits per heavy atom. The Balaban J connectivity index is 1.69. The van der Waals surface area contributed by atoms with Crippen LogP contribution < -0.4 is 10.6 Å². The van der Waals surface area contributed by atoms with Crippen molar-refractivity contribution in [3.05, 3.63) is 46.5 Å². The van der Waals surface area contributed by atoms with Crippen LogP contribution in [0, 0.1) is 0 Å². The van der Waals surface area contributed by atoms with Crippen molar-refractivity contribution in [2.75, 3.05) is 32.5 Å². The van der Waals surface area contributed by atoms with E-state index in [1.807, 2.05) is 6.20 Å². The number of hydrogen-bond acceptors (Lipinski definition) is 5. The quantitative estimate of drug-likeness (QED) is 0.881. The van der Waals surface area contributed by atoms with Crippen LogP contribution in [-0.2, 0) is 0 Å². The minimum Gasteiger partial charge on any atom is -0.345 e. The smallest absolute Gasteiger partial charge is 0.257 e. The zero-order valence-electron chi connectivity index (χ0n) is 14.4. The Bertz CT molecular complexity index is 766. The molecule has 0 saturated carbocycles. The Morgan fingerprint density at radius 3 is 2.68 bits per heavy atom. The molecule has 2 aromatic rings. The number of thiazole rings is 1. The predicted octanol–water partition coefficient (Wildman–Crippen LogP) is 2.56. The summed E-state index contributed by atoms with van der Waals surface area (Å²) in [5.41, 5.74) is 0.943. The lowest BCUT2D eigenvalue weighted by Crippen LogP contribution is -2.26. The zero-order valence-corrected chi connectivity index (χ0v) is 15.2. The lowest BCUT2D eigenvalue weighted by atomic mass is 9.97. The number of nitrogens with zero attached hydrogens (tertiary/aromatic N) is 2. The van der Waals surface area contributed by atoms with Crippen LogP contribution in [0.2, 0.25) is 0 Å². The van der Waals surface area contributed by atoms with Gasteiger partial charge in [-0.15, -0.1) is 11.3 Å². The van der Waals surface area contributed by atoms with Crippen LogP contribution in [0.5, 0.6) is 0 Å². The second-order valence-corrected chi connectivity index (χ2v) is 7.39. The number of piperidine rings is 1. The van der Waals surface area contributed by atoms with Gasteiger partial charge in [-0.05, 0) is 50.0 Å². The standard InChI is InChI=1S/C18H22N4O2S/c1-22(2)17(24)14-5-3-4-13(10-14)16(23)21-18-20-11-15(25-18)12-6-8-19-9-7-12/h3-5,10-12,19H,6-9H2,1-2H3,(H,20,21,23). The molecule has 132 valence electrons. The Kier molecular flexibility index (Phi) is 5.45. The second-order valence-electron chi connectivity index (χ2n) is 6.33. The summed E-state index contributed by atoms with van der Waals surface area (Å²) in [7, 11) is 3.37. The molecule has 1 aliphatic rings. The first-order valence-electron chi connectivity index (χ1n) is 8.34. The molecular weight excluding hydrogens is 336 g/mol. The largest absolute Gasteiger partial charge is 0.345 e. The van der Waals surface area contributed by atoms with Crippen molar-refractivity contribution in [2.45, 2.75) is 18.8 Å². The molecule has 7 heteroatoms. The van der Waals surface area contributed by atoms with E-state index in [1.54, 1.807) is 38.4 Å². The minimum absolute atomic E-state index is 0.128. The fourth-order valence-electron chi connectivity index (χ4n) is 2.86. The lowest BCUT2D eigenvalue weighted by molar-refractivity contribution is 0.0827. The van der Waals surface area contributed by atoms with Crippen molar-refractivity contribution in [3.63, 3.8) is 0 Å². The van der Waals surface area contributed by atoms with E-state index in [1.165, 1.54) is 21.1 Å². The second kappa shape index (κ2) is 7.76. The number of aromatic nitrogens is 1. The maximum Gasteiger partial charge on any atom is 0.257 e. The summed E-state index contributed by atoms with van der Waals surface area (Å²) in [4.78, 5) is 31.5. The van der Waals surface area contributed by atoms with Crippen LogP contribution in [0.4, 0.5) is 5.13 Å². The summed E-state index contributed by atoms with van der Waals surface area (Å²) in [5, 5.41) is 6.79. The number of anilines is 1. The minimum atomic E-state index is -0.250. The molecule has 3 rings (SSSR count). The van der Waals surface area contributed by atoms with Gasteiger partial charge < -0.3 is 10.2 Å². The van der Waals surface area contributed by atoms with Gasteiger partial charge in [0.1, 0.15) is 0 Å². The third-order valence-corrected chi connectivity index (χ3v) is 5.34. The van der Waals surface area contributed by atoms with Crippen LogP contribution in [0.3, 0.4) is 0 Å². The lowest BCUT2D eigenvalue weighted by Gasteiger charge is -2.20. The fourth-order valence-corrected chi connectivity index (χ4v) is 3.84. The van der Waals surface area contributed by atoms with Crippen LogP contribution in [0.15, 0.2) is 30.5 Å². The molecule has 0 atom stereocenters. The first-order chi connectivity index (χ1) is 12.0. The average Bonchev–Trinajstić information content (AvgIpc) is 3.10. The maximum absolute atomic E-state index is 12.5. The van der Waals surface area contributed by atoms with Gasteiger partial charge in [0.15, 0.2) is 5.13 Å². The number of hydrogen-bond donors (Lipinski definition) is 2. The molecule has 2 heterocycles. The zero-order chi connectivity index (χ0) is 17.8. The maximum atomic E-state index is 12.5. The van der Waals surface area contributed by atoms with Gasteiger partial charge in [-0.25, -0.2) is 4.98 Å². The highest BCUT2D eigenvalue weighted by Crippen LogP contribution is 2.31. The number of carbonyl (C=O) groups is 2.